The van der Waals surface area contributed by atoms with E-state index in [9.17, 15) is 4.39 Å². The van der Waals surface area contributed by atoms with E-state index < -0.39 is 0 Å². The number of hydrogen-bond acceptors (Lipinski definition) is 4. The van der Waals surface area contributed by atoms with Crippen LogP contribution in [0.5, 0.6) is 11.8 Å². The molecule has 0 aliphatic heterocycles. The molecule has 0 fully saturated rings. The number of rotatable bonds is 3. The Labute approximate surface area is 91.9 Å². The molecule has 2 aromatic rings. The molecule has 0 unspecified atom stereocenters. The number of aryl methyl sites for hydroxylation is 1. The van der Waals surface area contributed by atoms with Gasteiger partial charge in [-0.25, -0.2) is 4.39 Å². The van der Waals surface area contributed by atoms with Gasteiger partial charge in [-0.05, 0) is 18.6 Å². The summed E-state index contributed by atoms with van der Waals surface area (Å²) in [6.07, 6.45) is 1.46. The van der Waals surface area contributed by atoms with Gasteiger partial charge in [-0.1, -0.05) is 6.07 Å². The molecule has 84 valence electrons. The number of nitrogens with zero attached hydrogens (tertiary/aromatic N) is 1. The van der Waals surface area contributed by atoms with Gasteiger partial charge in [0.2, 0.25) is 0 Å². The summed E-state index contributed by atoms with van der Waals surface area (Å²) in [5.41, 5.74) is 6.51. The first-order chi connectivity index (χ1) is 7.69. The Morgan fingerprint density at radius 2 is 2.31 bits per heavy atom. The summed E-state index contributed by atoms with van der Waals surface area (Å²) in [5, 5.41) is 0. The lowest BCUT2D eigenvalue weighted by atomic mass is 10.2. The standard InChI is InChI=1S/C11H11FN2O2/c1-7-2-3-9(4-10(7)12)16-11-14-8(5-13)6-15-11/h2-4,6H,5,13H2,1H3. The summed E-state index contributed by atoms with van der Waals surface area (Å²) in [5.74, 6) is 0.0108. The Kier molecular flexibility index (Phi) is 2.87. The number of halogens is 1. The minimum atomic E-state index is -0.330. The summed E-state index contributed by atoms with van der Waals surface area (Å²) in [6, 6.07) is 4.55. The maximum absolute atomic E-state index is 13.2. The summed E-state index contributed by atoms with van der Waals surface area (Å²) in [4.78, 5) is 3.94. The minimum absolute atomic E-state index is 0.0590. The van der Waals surface area contributed by atoms with Crippen LogP contribution in [0, 0.1) is 12.7 Å². The molecule has 0 spiro atoms. The van der Waals surface area contributed by atoms with Gasteiger partial charge in [-0.3, -0.25) is 0 Å². The van der Waals surface area contributed by atoms with Crippen LogP contribution in [0.1, 0.15) is 11.3 Å². The van der Waals surface area contributed by atoms with E-state index in [1.54, 1.807) is 19.1 Å². The average molecular weight is 222 g/mol. The Hall–Kier alpha value is -1.88. The molecule has 2 N–H and O–H groups in total. The number of aromatic nitrogens is 1. The van der Waals surface area contributed by atoms with Crippen molar-refractivity contribution >= 4 is 0 Å². The van der Waals surface area contributed by atoms with Crippen LogP contribution < -0.4 is 10.5 Å². The fraction of sp³-hybridized carbons (Fsp3) is 0.182. The molecule has 0 amide bonds. The van der Waals surface area contributed by atoms with Crippen LogP contribution in [-0.2, 0) is 6.54 Å². The van der Waals surface area contributed by atoms with Crippen molar-refractivity contribution < 1.29 is 13.5 Å². The average Bonchev–Trinajstić information content (AvgIpc) is 2.71. The van der Waals surface area contributed by atoms with Crippen LogP contribution in [-0.4, -0.2) is 4.98 Å². The zero-order valence-corrected chi connectivity index (χ0v) is 8.74. The van der Waals surface area contributed by atoms with Crippen molar-refractivity contribution in [2.75, 3.05) is 0 Å². The third kappa shape index (κ3) is 2.20. The van der Waals surface area contributed by atoms with E-state index in [4.69, 9.17) is 14.9 Å². The van der Waals surface area contributed by atoms with Crippen molar-refractivity contribution in [2.45, 2.75) is 13.5 Å². The number of hydrogen-bond donors (Lipinski definition) is 1. The van der Waals surface area contributed by atoms with E-state index in [1.165, 1.54) is 12.3 Å². The van der Waals surface area contributed by atoms with Crippen LogP contribution in [0.4, 0.5) is 4.39 Å². The molecule has 1 aromatic heterocycles. The Morgan fingerprint density at radius 1 is 1.50 bits per heavy atom. The molecule has 5 heteroatoms. The molecule has 0 saturated carbocycles. The molecule has 0 aliphatic rings. The van der Waals surface area contributed by atoms with Crippen LogP contribution in [0.2, 0.25) is 0 Å². The van der Waals surface area contributed by atoms with E-state index in [0.29, 0.717) is 17.0 Å². The summed E-state index contributed by atoms with van der Waals surface area (Å²) >= 11 is 0. The number of nitrogens with two attached hydrogens (primary N) is 1. The smallest absolute Gasteiger partial charge is 0.399 e. The maximum Gasteiger partial charge on any atom is 0.399 e. The van der Waals surface area contributed by atoms with Gasteiger partial charge in [0.05, 0.1) is 5.69 Å². The van der Waals surface area contributed by atoms with Crippen LogP contribution in [0.3, 0.4) is 0 Å². The molecule has 0 atom stereocenters. The Balaban J connectivity index is 2.17. The van der Waals surface area contributed by atoms with E-state index in [2.05, 4.69) is 4.98 Å². The first-order valence-electron chi connectivity index (χ1n) is 4.77. The molecule has 0 bridgehead atoms. The Morgan fingerprint density at radius 3 is 2.94 bits per heavy atom. The lowest BCUT2D eigenvalue weighted by Crippen LogP contribution is -1.96. The molecule has 16 heavy (non-hydrogen) atoms. The van der Waals surface area contributed by atoms with Gasteiger partial charge in [-0.2, -0.15) is 4.98 Å². The fourth-order valence-electron chi connectivity index (χ4n) is 1.17. The highest BCUT2D eigenvalue weighted by molar-refractivity contribution is 5.29. The summed E-state index contributed by atoms with van der Waals surface area (Å²) < 4.78 is 23.4. The molecule has 0 aliphatic carbocycles. The van der Waals surface area contributed by atoms with Crippen LogP contribution in [0.25, 0.3) is 0 Å². The van der Waals surface area contributed by atoms with Crippen molar-refractivity contribution in [1.82, 2.24) is 4.98 Å². The van der Waals surface area contributed by atoms with Gasteiger partial charge >= 0.3 is 6.08 Å². The van der Waals surface area contributed by atoms with Gasteiger partial charge in [0.25, 0.3) is 0 Å². The van der Waals surface area contributed by atoms with E-state index in [-0.39, 0.29) is 18.4 Å². The SMILES string of the molecule is Cc1ccc(Oc2nc(CN)co2)cc1F. The quantitative estimate of drug-likeness (QED) is 0.866. The van der Waals surface area contributed by atoms with E-state index >= 15 is 0 Å². The first-order valence-corrected chi connectivity index (χ1v) is 4.77. The van der Waals surface area contributed by atoms with Gasteiger partial charge in [0, 0.05) is 12.6 Å². The maximum atomic E-state index is 13.2. The second-order valence-electron chi connectivity index (χ2n) is 3.32. The van der Waals surface area contributed by atoms with Gasteiger partial charge in [0.1, 0.15) is 17.8 Å². The predicted octanol–water partition coefficient (Wildman–Crippen LogP) is 2.37. The van der Waals surface area contributed by atoms with Crippen LogP contribution in [0.15, 0.2) is 28.9 Å². The molecule has 1 aromatic carbocycles. The van der Waals surface area contributed by atoms with Gasteiger partial charge in [0.15, 0.2) is 0 Å². The number of benzene rings is 1. The lowest BCUT2D eigenvalue weighted by molar-refractivity contribution is 0.329. The third-order valence-corrected chi connectivity index (χ3v) is 2.09. The Bertz CT molecular complexity index is 496. The number of oxazole rings is 1. The molecule has 0 saturated heterocycles. The van der Waals surface area contributed by atoms with E-state index in [1.807, 2.05) is 0 Å². The topological polar surface area (TPSA) is 61.3 Å². The molecule has 1 heterocycles. The highest BCUT2D eigenvalue weighted by atomic mass is 19.1. The zero-order valence-electron chi connectivity index (χ0n) is 8.74. The molecular formula is C11H11FN2O2. The fourth-order valence-corrected chi connectivity index (χ4v) is 1.17. The van der Waals surface area contributed by atoms with Gasteiger partial charge < -0.3 is 14.9 Å². The molecule has 4 nitrogen and oxygen atoms in total. The van der Waals surface area contributed by atoms with Crippen molar-refractivity contribution in [3.05, 3.63) is 41.5 Å². The number of ether oxygens (including phenoxy) is 1. The first kappa shape index (κ1) is 10.6. The monoisotopic (exact) mass is 222 g/mol. The second-order valence-corrected chi connectivity index (χ2v) is 3.32. The molecular weight excluding hydrogens is 211 g/mol. The largest absolute Gasteiger partial charge is 0.417 e. The zero-order chi connectivity index (χ0) is 11.5. The van der Waals surface area contributed by atoms with Crippen molar-refractivity contribution in [3.8, 4) is 11.8 Å². The minimum Gasteiger partial charge on any atom is -0.417 e. The van der Waals surface area contributed by atoms with E-state index in [0.717, 1.165) is 0 Å². The van der Waals surface area contributed by atoms with Gasteiger partial charge in [-0.15, -0.1) is 0 Å². The van der Waals surface area contributed by atoms with Crippen LogP contribution >= 0.6 is 0 Å². The lowest BCUT2D eigenvalue weighted by Gasteiger charge is -2.01. The molecule has 2 rings (SSSR count). The second kappa shape index (κ2) is 4.32. The normalized spacial score (nSPS) is 10.4. The third-order valence-electron chi connectivity index (χ3n) is 2.09. The highest BCUT2D eigenvalue weighted by Gasteiger charge is 2.06. The predicted molar refractivity (Wildman–Crippen MR) is 55.6 cm³/mol. The van der Waals surface area contributed by atoms with Crippen molar-refractivity contribution in [2.24, 2.45) is 5.73 Å². The van der Waals surface area contributed by atoms with Crippen molar-refractivity contribution in [3.63, 3.8) is 0 Å². The highest BCUT2D eigenvalue weighted by Crippen LogP contribution is 2.22. The molecule has 0 radical (unpaired) electrons. The summed E-state index contributed by atoms with van der Waals surface area (Å²) in [6.45, 7) is 1.95. The summed E-state index contributed by atoms with van der Waals surface area (Å²) in [7, 11) is 0. The van der Waals surface area contributed by atoms with Crippen molar-refractivity contribution in [1.29, 1.82) is 0 Å².